The topological polar surface area (TPSA) is 95.8 Å². The van der Waals surface area contributed by atoms with E-state index in [4.69, 9.17) is 15.3 Å². The number of rotatable bonds is 4. The van der Waals surface area contributed by atoms with E-state index in [1.807, 2.05) is 13.8 Å². The fourth-order valence-electron chi connectivity index (χ4n) is 2.72. The lowest BCUT2D eigenvalue weighted by molar-refractivity contribution is -0.590. The Hall–Kier alpha value is -3.55. The first-order valence-electron chi connectivity index (χ1n) is 8.30. The Morgan fingerprint density at radius 3 is 2.18 bits per heavy atom. The van der Waals surface area contributed by atoms with Crippen LogP contribution in [0.4, 0.5) is 11.5 Å². The number of nitriles is 2. The fraction of sp³-hybridized carbons (Fsp3) is 0.0952. The number of pyridine rings is 1. The van der Waals surface area contributed by atoms with E-state index < -0.39 is 0 Å². The van der Waals surface area contributed by atoms with Crippen molar-refractivity contribution in [1.29, 1.82) is 10.5 Å². The van der Waals surface area contributed by atoms with Crippen molar-refractivity contribution in [3.05, 3.63) is 80.6 Å². The average Bonchev–Trinajstić information content (AvgIpc) is 2.68. The lowest BCUT2D eigenvalue weighted by atomic mass is 10.1. The van der Waals surface area contributed by atoms with Crippen LogP contribution >= 0.6 is 15.9 Å². The number of nitrogens with one attached hydrogen (secondary N) is 1. The Morgan fingerprint density at radius 2 is 1.61 bits per heavy atom. The van der Waals surface area contributed by atoms with Gasteiger partial charge in [0.2, 0.25) is 0 Å². The molecular formula is C21H15BrN4O2. The summed E-state index contributed by atoms with van der Waals surface area (Å²) in [5.41, 5.74) is 3.41. The zero-order valence-corrected chi connectivity index (χ0v) is 16.7. The first-order valence-corrected chi connectivity index (χ1v) is 9.09. The second-order valence-electron chi connectivity index (χ2n) is 6.16. The third-order valence-corrected chi connectivity index (χ3v) is 4.65. The Labute approximate surface area is 170 Å². The predicted molar refractivity (Wildman–Crippen MR) is 108 cm³/mol. The van der Waals surface area contributed by atoms with Crippen LogP contribution in [0.25, 0.3) is 0 Å². The van der Waals surface area contributed by atoms with Gasteiger partial charge in [-0.2, -0.15) is 10.5 Å². The summed E-state index contributed by atoms with van der Waals surface area (Å²) < 4.78 is 7.23. The van der Waals surface area contributed by atoms with Gasteiger partial charge in [-0.15, -0.1) is 0 Å². The summed E-state index contributed by atoms with van der Waals surface area (Å²) in [6, 6.07) is 16.0. The number of nitrogens with zero attached hydrogens (tertiary/aromatic N) is 3. The molecule has 0 spiro atoms. The number of halogens is 1. The number of ether oxygens (including phenoxy) is 1. The fourth-order valence-corrected chi connectivity index (χ4v) is 3.11. The van der Waals surface area contributed by atoms with Crippen LogP contribution in [-0.2, 0) is 0 Å². The summed E-state index contributed by atoms with van der Waals surface area (Å²) in [6.45, 7) is 3.73. The van der Waals surface area contributed by atoms with Gasteiger partial charge in [0, 0.05) is 0 Å². The summed E-state index contributed by atoms with van der Waals surface area (Å²) in [7, 11) is 0. The highest BCUT2D eigenvalue weighted by Gasteiger charge is 2.15. The van der Waals surface area contributed by atoms with Gasteiger partial charge in [-0.1, -0.05) is 0 Å². The molecule has 0 radical (unpaired) electrons. The largest absolute Gasteiger partial charge is 0.711 e. The van der Waals surface area contributed by atoms with Crippen molar-refractivity contribution in [1.82, 2.24) is 0 Å². The Kier molecular flexibility index (Phi) is 5.49. The number of aromatic nitrogens is 1. The summed E-state index contributed by atoms with van der Waals surface area (Å²) in [4.78, 5) is 0. The molecule has 1 N–H and O–H groups in total. The molecule has 1 heterocycles. The molecule has 0 amide bonds. The first-order chi connectivity index (χ1) is 13.4. The van der Waals surface area contributed by atoms with Crippen LogP contribution in [0.2, 0.25) is 0 Å². The standard InChI is InChI=1S/C21H15BrN4O2/c1-13-7-16(11-24)8-14(2)21(13)28-19-9-20(26(27)12-18(19)22)25-17-5-3-15(10-23)4-6-17/h3-9,12,25H,1-2H3. The lowest BCUT2D eigenvalue weighted by Gasteiger charge is -2.16. The number of hydrogen-bond donors (Lipinski definition) is 1. The lowest BCUT2D eigenvalue weighted by Crippen LogP contribution is -2.29. The van der Waals surface area contributed by atoms with E-state index >= 15 is 0 Å². The van der Waals surface area contributed by atoms with Crippen LogP contribution < -0.4 is 14.8 Å². The van der Waals surface area contributed by atoms with Crippen molar-refractivity contribution in [2.75, 3.05) is 5.32 Å². The molecule has 0 atom stereocenters. The van der Waals surface area contributed by atoms with Crippen LogP contribution in [0.5, 0.6) is 11.5 Å². The summed E-state index contributed by atoms with van der Waals surface area (Å²) in [6.07, 6.45) is 1.36. The average molecular weight is 435 g/mol. The molecule has 2 aromatic carbocycles. The molecule has 1 aromatic heterocycles. The molecule has 0 saturated carbocycles. The first kappa shape index (κ1) is 19.2. The maximum Gasteiger partial charge on any atom is 0.286 e. The Bertz CT molecular complexity index is 1110. The third kappa shape index (κ3) is 4.06. The molecule has 0 aliphatic heterocycles. The monoisotopic (exact) mass is 434 g/mol. The van der Waals surface area contributed by atoms with E-state index in [2.05, 4.69) is 33.4 Å². The summed E-state index contributed by atoms with van der Waals surface area (Å²) in [5.74, 6) is 1.36. The molecule has 0 fully saturated rings. The molecule has 0 unspecified atom stereocenters. The normalized spacial score (nSPS) is 10.0. The molecule has 28 heavy (non-hydrogen) atoms. The van der Waals surface area contributed by atoms with Crippen molar-refractivity contribution < 1.29 is 9.47 Å². The minimum atomic E-state index is 0.270. The highest BCUT2D eigenvalue weighted by molar-refractivity contribution is 9.10. The number of aryl methyl sites for hydroxylation is 2. The number of anilines is 2. The smallest absolute Gasteiger partial charge is 0.286 e. The van der Waals surface area contributed by atoms with Crippen LogP contribution in [0.3, 0.4) is 0 Å². The summed E-state index contributed by atoms with van der Waals surface area (Å²) >= 11 is 3.36. The zero-order valence-electron chi connectivity index (χ0n) is 15.2. The van der Waals surface area contributed by atoms with Gasteiger partial charge in [-0.3, -0.25) is 0 Å². The van der Waals surface area contributed by atoms with Gasteiger partial charge in [-0.25, -0.2) is 10.0 Å². The van der Waals surface area contributed by atoms with Gasteiger partial charge in [0.1, 0.15) is 22.1 Å². The maximum absolute atomic E-state index is 12.3. The molecule has 3 rings (SSSR count). The van der Waals surface area contributed by atoms with Gasteiger partial charge in [0.15, 0.2) is 5.75 Å². The van der Waals surface area contributed by atoms with Crippen molar-refractivity contribution in [2.24, 2.45) is 0 Å². The maximum atomic E-state index is 12.3. The van der Waals surface area contributed by atoms with Gasteiger partial charge >= 0.3 is 0 Å². The van der Waals surface area contributed by atoms with E-state index in [0.29, 0.717) is 37.5 Å². The molecule has 0 bridgehead atoms. The zero-order chi connectivity index (χ0) is 20.3. The molecule has 138 valence electrons. The van der Waals surface area contributed by atoms with Gasteiger partial charge < -0.3 is 9.94 Å². The van der Waals surface area contributed by atoms with E-state index in [1.54, 1.807) is 42.5 Å². The predicted octanol–water partition coefficient (Wildman–Crippen LogP) is 4.98. The van der Waals surface area contributed by atoms with Gasteiger partial charge in [0.05, 0.1) is 29.3 Å². The van der Waals surface area contributed by atoms with E-state index in [-0.39, 0.29) is 5.82 Å². The van der Waals surface area contributed by atoms with E-state index in [0.717, 1.165) is 11.1 Å². The molecule has 0 aliphatic carbocycles. The van der Waals surface area contributed by atoms with Crippen molar-refractivity contribution in [3.63, 3.8) is 0 Å². The van der Waals surface area contributed by atoms with Crippen molar-refractivity contribution >= 4 is 27.4 Å². The highest BCUT2D eigenvalue weighted by Crippen LogP contribution is 2.35. The molecule has 0 saturated heterocycles. The van der Waals surface area contributed by atoms with Crippen LogP contribution in [0, 0.1) is 41.7 Å². The van der Waals surface area contributed by atoms with E-state index in [1.165, 1.54) is 6.20 Å². The Balaban J connectivity index is 1.94. The third-order valence-electron chi connectivity index (χ3n) is 4.06. The van der Waals surface area contributed by atoms with Crippen molar-refractivity contribution in [2.45, 2.75) is 13.8 Å². The summed E-state index contributed by atoms with van der Waals surface area (Å²) in [5, 5.41) is 33.3. The SMILES string of the molecule is Cc1cc(C#N)cc(C)c1Oc1cc(Nc2ccc(C#N)cc2)[n+]([O-])cc1Br. The number of benzene rings is 2. The quantitative estimate of drug-likeness (QED) is 0.461. The van der Waals surface area contributed by atoms with Gasteiger partial charge in [0.25, 0.3) is 5.82 Å². The van der Waals surface area contributed by atoms with Crippen LogP contribution in [0.1, 0.15) is 22.3 Å². The van der Waals surface area contributed by atoms with Crippen LogP contribution in [0.15, 0.2) is 53.1 Å². The minimum Gasteiger partial charge on any atom is -0.711 e. The van der Waals surface area contributed by atoms with E-state index in [9.17, 15) is 5.21 Å². The number of hydrogen-bond acceptors (Lipinski definition) is 5. The molecule has 7 heteroatoms. The molecular weight excluding hydrogens is 420 g/mol. The second-order valence-corrected chi connectivity index (χ2v) is 7.02. The minimum absolute atomic E-state index is 0.270. The molecule has 3 aromatic rings. The molecule has 6 nitrogen and oxygen atoms in total. The second kappa shape index (κ2) is 7.99. The van der Waals surface area contributed by atoms with Crippen LogP contribution in [-0.4, -0.2) is 0 Å². The highest BCUT2D eigenvalue weighted by atomic mass is 79.9. The molecule has 0 aliphatic rings. The van der Waals surface area contributed by atoms with Gasteiger partial charge in [-0.05, 0) is 77.3 Å². The van der Waals surface area contributed by atoms with Crippen molar-refractivity contribution in [3.8, 4) is 23.6 Å². The Morgan fingerprint density at radius 1 is 1.00 bits per heavy atom.